The minimum atomic E-state index is -0.270. The quantitative estimate of drug-likeness (QED) is 0.862. The third kappa shape index (κ3) is 2.73. The van der Waals surface area contributed by atoms with Crippen LogP contribution >= 0.6 is 27.7 Å². The van der Waals surface area contributed by atoms with Gasteiger partial charge in [-0.1, -0.05) is 30.0 Å². The first kappa shape index (κ1) is 14.6. The Hall–Kier alpha value is -1.30. The molecule has 0 aromatic heterocycles. The van der Waals surface area contributed by atoms with Gasteiger partial charge in [-0.2, -0.15) is 0 Å². The molecule has 2 N–H and O–H groups in total. The Balaban J connectivity index is 1.98. The molecule has 0 fully saturated rings. The molecular formula is C16H15BrN2OS. The molecule has 1 aliphatic heterocycles. The molecule has 0 spiro atoms. The lowest BCUT2D eigenvalue weighted by Gasteiger charge is -2.11. The van der Waals surface area contributed by atoms with Crippen LogP contribution in [0.2, 0.25) is 0 Å². The number of nitrogens with one attached hydrogen (secondary N) is 2. The zero-order valence-electron chi connectivity index (χ0n) is 11.7. The normalized spacial score (nSPS) is 16.7. The van der Waals surface area contributed by atoms with Gasteiger partial charge in [-0.05, 0) is 53.7 Å². The Labute approximate surface area is 136 Å². The molecule has 1 amide bonds. The summed E-state index contributed by atoms with van der Waals surface area (Å²) in [6.45, 7) is 2.10. The summed E-state index contributed by atoms with van der Waals surface area (Å²) in [6, 6.07) is 12.1. The summed E-state index contributed by atoms with van der Waals surface area (Å²) in [5.41, 5.74) is 3.12. The predicted molar refractivity (Wildman–Crippen MR) is 89.9 cm³/mol. The molecule has 0 saturated heterocycles. The van der Waals surface area contributed by atoms with E-state index in [1.165, 1.54) is 10.5 Å². The van der Waals surface area contributed by atoms with E-state index < -0.39 is 0 Å². The van der Waals surface area contributed by atoms with Crippen LogP contribution in [-0.4, -0.2) is 13.0 Å². The van der Waals surface area contributed by atoms with E-state index in [1.807, 2.05) is 24.3 Å². The van der Waals surface area contributed by atoms with E-state index in [0.29, 0.717) is 0 Å². The summed E-state index contributed by atoms with van der Waals surface area (Å²) in [4.78, 5) is 14.2. The Morgan fingerprint density at radius 1 is 1.24 bits per heavy atom. The number of hydrogen-bond donors (Lipinski definition) is 2. The second-order valence-corrected chi connectivity index (χ2v) is 6.89. The first-order chi connectivity index (χ1) is 10.1. The van der Waals surface area contributed by atoms with Crippen molar-refractivity contribution in [3.05, 3.63) is 52.0 Å². The van der Waals surface area contributed by atoms with Gasteiger partial charge in [0.25, 0.3) is 0 Å². The Morgan fingerprint density at radius 2 is 2.00 bits per heavy atom. The van der Waals surface area contributed by atoms with Crippen LogP contribution in [-0.2, 0) is 4.79 Å². The molecule has 0 aliphatic carbocycles. The SMILES string of the molecule is CNC1C(=O)Nc2cc(Sc3ccccc3C)c(Br)cc21. The number of amides is 1. The van der Waals surface area contributed by atoms with Gasteiger partial charge in [0.2, 0.25) is 5.91 Å². The third-order valence-electron chi connectivity index (χ3n) is 3.54. The zero-order chi connectivity index (χ0) is 15.0. The maximum Gasteiger partial charge on any atom is 0.246 e. The number of benzene rings is 2. The molecule has 2 aromatic carbocycles. The summed E-state index contributed by atoms with van der Waals surface area (Å²) in [6.07, 6.45) is 0. The number of carbonyl (C=O) groups excluding carboxylic acids is 1. The number of hydrogen-bond acceptors (Lipinski definition) is 3. The van der Waals surface area contributed by atoms with E-state index in [0.717, 1.165) is 20.6 Å². The number of anilines is 1. The predicted octanol–water partition coefficient (Wildman–Crippen LogP) is 4.12. The number of carbonyl (C=O) groups is 1. The lowest BCUT2D eigenvalue weighted by molar-refractivity contribution is -0.117. The molecular weight excluding hydrogens is 348 g/mol. The third-order valence-corrected chi connectivity index (χ3v) is 5.69. The van der Waals surface area contributed by atoms with Gasteiger partial charge < -0.3 is 10.6 Å². The van der Waals surface area contributed by atoms with Gasteiger partial charge in [0.15, 0.2) is 0 Å². The van der Waals surface area contributed by atoms with Crippen LogP contribution in [0.5, 0.6) is 0 Å². The standard InChI is InChI=1S/C16H15BrN2OS/c1-9-5-3-4-6-13(9)21-14-8-12-10(7-11(14)17)15(18-2)16(20)19-12/h3-8,15,18H,1-2H3,(H,19,20). The highest BCUT2D eigenvalue weighted by Gasteiger charge is 2.30. The van der Waals surface area contributed by atoms with Crippen molar-refractivity contribution >= 4 is 39.3 Å². The van der Waals surface area contributed by atoms with E-state index in [9.17, 15) is 4.79 Å². The fraction of sp³-hybridized carbons (Fsp3) is 0.188. The highest BCUT2D eigenvalue weighted by atomic mass is 79.9. The summed E-state index contributed by atoms with van der Waals surface area (Å²) < 4.78 is 1.01. The van der Waals surface area contributed by atoms with E-state index in [-0.39, 0.29) is 11.9 Å². The number of fused-ring (bicyclic) bond motifs is 1. The van der Waals surface area contributed by atoms with E-state index in [2.05, 4.69) is 45.6 Å². The molecule has 0 radical (unpaired) electrons. The molecule has 3 rings (SSSR count). The smallest absolute Gasteiger partial charge is 0.246 e. The Kier molecular flexibility index (Phi) is 4.06. The summed E-state index contributed by atoms with van der Waals surface area (Å²) in [5, 5.41) is 5.97. The second kappa shape index (κ2) is 5.83. The van der Waals surface area contributed by atoms with Crippen molar-refractivity contribution < 1.29 is 4.79 Å². The fourth-order valence-electron chi connectivity index (χ4n) is 2.42. The van der Waals surface area contributed by atoms with Crippen molar-refractivity contribution in [1.29, 1.82) is 0 Å². The van der Waals surface area contributed by atoms with Gasteiger partial charge in [0.1, 0.15) is 6.04 Å². The molecule has 1 atom stereocenters. The number of halogens is 1. The largest absolute Gasteiger partial charge is 0.324 e. The fourth-order valence-corrected chi connectivity index (χ4v) is 3.97. The molecule has 0 saturated carbocycles. The topological polar surface area (TPSA) is 41.1 Å². The summed E-state index contributed by atoms with van der Waals surface area (Å²) >= 11 is 5.32. The van der Waals surface area contributed by atoms with Crippen molar-refractivity contribution in [1.82, 2.24) is 5.32 Å². The monoisotopic (exact) mass is 362 g/mol. The van der Waals surface area contributed by atoms with Crippen molar-refractivity contribution in [2.75, 3.05) is 12.4 Å². The van der Waals surface area contributed by atoms with Crippen molar-refractivity contribution in [3.8, 4) is 0 Å². The Morgan fingerprint density at radius 3 is 2.71 bits per heavy atom. The molecule has 1 heterocycles. The summed E-state index contributed by atoms with van der Waals surface area (Å²) in [7, 11) is 1.79. The van der Waals surface area contributed by atoms with Crippen LogP contribution in [0.25, 0.3) is 0 Å². The van der Waals surface area contributed by atoms with Gasteiger partial charge in [-0.15, -0.1) is 0 Å². The molecule has 21 heavy (non-hydrogen) atoms. The number of likely N-dealkylation sites (N-methyl/N-ethyl adjacent to an activating group) is 1. The van der Waals surface area contributed by atoms with E-state index >= 15 is 0 Å². The van der Waals surface area contributed by atoms with Crippen molar-refractivity contribution in [2.24, 2.45) is 0 Å². The minimum absolute atomic E-state index is 0.00237. The average molecular weight is 363 g/mol. The number of rotatable bonds is 3. The van der Waals surface area contributed by atoms with Gasteiger partial charge in [0, 0.05) is 25.5 Å². The van der Waals surface area contributed by atoms with E-state index in [1.54, 1.807) is 18.8 Å². The Bertz CT molecular complexity index is 717. The van der Waals surface area contributed by atoms with Crippen LogP contribution in [0, 0.1) is 6.92 Å². The minimum Gasteiger partial charge on any atom is -0.324 e. The molecule has 108 valence electrons. The first-order valence-corrected chi connectivity index (χ1v) is 8.26. The van der Waals surface area contributed by atoms with Crippen LogP contribution < -0.4 is 10.6 Å². The van der Waals surface area contributed by atoms with Crippen LogP contribution in [0.3, 0.4) is 0 Å². The van der Waals surface area contributed by atoms with Gasteiger partial charge in [-0.25, -0.2) is 0 Å². The zero-order valence-corrected chi connectivity index (χ0v) is 14.1. The molecule has 2 aromatic rings. The molecule has 0 bridgehead atoms. The maximum absolute atomic E-state index is 11.9. The van der Waals surface area contributed by atoms with E-state index in [4.69, 9.17) is 0 Å². The van der Waals surface area contributed by atoms with Gasteiger partial charge in [0.05, 0.1) is 0 Å². The molecule has 1 aliphatic rings. The molecule has 3 nitrogen and oxygen atoms in total. The van der Waals surface area contributed by atoms with Crippen LogP contribution in [0.15, 0.2) is 50.7 Å². The van der Waals surface area contributed by atoms with Gasteiger partial charge in [-0.3, -0.25) is 4.79 Å². The highest BCUT2D eigenvalue weighted by Crippen LogP contribution is 2.41. The van der Waals surface area contributed by atoms with Crippen molar-refractivity contribution in [2.45, 2.75) is 22.8 Å². The second-order valence-electron chi connectivity index (χ2n) is 4.95. The van der Waals surface area contributed by atoms with Gasteiger partial charge >= 0.3 is 0 Å². The van der Waals surface area contributed by atoms with Crippen LogP contribution in [0.4, 0.5) is 5.69 Å². The molecule has 5 heteroatoms. The van der Waals surface area contributed by atoms with Crippen molar-refractivity contribution in [3.63, 3.8) is 0 Å². The van der Waals surface area contributed by atoms with Crippen LogP contribution in [0.1, 0.15) is 17.2 Å². The average Bonchev–Trinajstić information content (AvgIpc) is 2.76. The lowest BCUT2D eigenvalue weighted by Crippen LogP contribution is -2.23. The number of aryl methyl sites for hydroxylation is 1. The molecule has 1 unspecified atom stereocenters. The maximum atomic E-state index is 11.9. The summed E-state index contributed by atoms with van der Waals surface area (Å²) in [5.74, 6) is -0.00237. The highest BCUT2D eigenvalue weighted by molar-refractivity contribution is 9.10. The lowest BCUT2D eigenvalue weighted by atomic mass is 10.1. The first-order valence-electron chi connectivity index (χ1n) is 6.65.